The van der Waals surface area contributed by atoms with Crippen LogP contribution in [0.3, 0.4) is 0 Å². The highest BCUT2D eigenvalue weighted by Crippen LogP contribution is 2.30. The molecule has 3 rings (SSSR count). The van der Waals surface area contributed by atoms with Crippen LogP contribution in [0.15, 0.2) is 76.5 Å². The topological polar surface area (TPSA) is 84.9 Å². The normalized spacial score (nSPS) is 12.0. The molecule has 35 heavy (non-hydrogen) atoms. The summed E-state index contributed by atoms with van der Waals surface area (Å²) >= 11 is 1.52. The van der Waals surface area contributed by atoms with Gasteiger partial charge in [-0.3, -0.25) is 9.10 Å². The van der Waals surface area contributed by atoms with Crippen molar-refractivity contribution in [3.63, 3.8) is 0 Å². The number of methoxy groups -OCH3 is 2. The molecule has 186 valence electrons. The lowest BCUT2D eigenvalue weighted by molar-refractivity contribution is -0.120. The number of hydrogen-bond donors (Lipinski definition) is 1. The molecular weight excluding hydrogens is 484 g/mol. The maximum Gasteiger partial charge on any atom is 0.264 e. The van der Waals surface area contributed by atoms with Gasteiger partial charge in [0.2, 0.25) is 5.91 Å². The van der Waals surface area contributed by atoms with E-state index in [0.29, 0.717) is 17.2 Å². The van der Waals surface area contributed by atoms with Gasteiger partial charge in [-0.1, -0.05) is 17.7 Å². The van der Waals surface area contributed by atoms with E-state index in [1.165, 1.54) is 11.8 Å². The van der Waals surface area contributed by atoms with Crippen LogP contribution >= 0.6 is 11.8 Å². The Hall–Kier alpha value is -3.17. The van der Waals surface area contributed by atoms with Crippen LogP contribution in [0.5, 0.6) is 11.5 Å². The van der Waals surface area contributed by atoms with Crippen molar-refractivity contribution in [1.82, 2.24) is 5.32 Å². The summed E-state index contributed by atoms with van der Waals surface area (Å²) in [5.41, 5.74) is 2.11. The SMILES string of the molecule is COc1ccc(OC)c([C@H](C)NC(=O)CN(c2ccc(C)cc2)S(=O)(=O)c2ccc(SC)cc2)c1. The molecule has 0 saturated heterocycles. The van der Waals surface area contributed by atoms with Crippen molar-refractivity contribution in [2.24, 2.45) is 0 Å². The number of carbonyl (C=O) groups is 1. The van der Waals surface area contributed by atoms with Gasteiger partial charge in [-0.05, 0) is 74.7 Å². The maximum atomic E-state index is 13.6. The van der Waals surface area contributed by atoms with E-state index in [4.69, 9.17) is 9.47 Å². The molecule has 3 aromatic rings. The van der Waals surface area contributed by atoms with E-state index in [0.717, 1.165) is 20.3 Å². The average Bonchev–Trinajstić information content (AvgIpc) is 2.87. The largest absolute Gasteiger partial charge is 0.497 e. The highest BCUT2D eigenvalue weighted by molar-refractivity contribution is 7.98. The summed E-state index contributed by atoms with van der Waals surface area (Å²) in [6, 6.07) is 18.5. The Kier molecular flexibility index (Phi) is 8.69. The molecule has 3 aromatic carbocycles. The van der Waals surface area contributed by atoms with Gasteiger partial charge in [-0.25, -0.2) is 8.42 Å². The van der Waals surface area contributed by atoms with Crippen LogP contribution in [-0.4, -0.2) is 41.3 Å². The molecule has 0 radical (unpaired) electrons. The Morgan fingerprint density at radius 2 is 1.66 bits per heavy atom. The van der Waals surface area contributed by atoms with Gasteiger partial charge in [-0.15, -0.1) is 11.8 Å². The van der Waals surface area contributed by atoms with E-state index in [1.54, 1.807) is 75.7 Å². The molecule has 0 aliphatic rings. The van der Waals surface area contributed by atoms with Gasteiger partial charge in [0.25, 0.3) is 10.0 Å². The zero-order valence-corrected chi connectivity index (χ0v) is 22.1. The first-order valence-electron chi connectivity index (χ1n) is 10.9. The standard InChI is InChI=1S/C26H30N2O5S2/c1-18-6-8-20(9-7-18)28(35(30,31)23-13-11-22(34-5)12-14-23)17-26(29)27-19(2)24-16-21(32-3)10-15-25(24)33-4/h6-16,19H,17H2,1-5H3,(H,27,29)/t19-/m0/s1. The summed E-state index contributed by atoms with van der Waals surface area (Å²) in [4.78, 5) is 14.2. The highest BCUT2D eigenvalue weighted by atomic mass is 32.2. The van der Waals surface area contributed by atoms with Gasteiger partial charge in [0.05, 0.1) is 30.8 Å². The lowest BCUT2D eigenvalue weighted by atomic mass is 10.1. The monoisotopic (exact) mass is 514 g/mol. The molecule has 7 nitrogen and oxygen atoms in total. The number of ether oxygens (including phenoxy) is 2. The van der Waals surface area contributed by atoms with E-state index < -0.39 is 22.0 Å². The Balaban J connectivity index is 1.90. The Morgan fingerprint density at radius 1 is 1.00 bits per heavy atom. The van der Waals surface area contributed by atoms with Crippen LogP contribution in [-0.2, 0) is 14.8 Å². The summed E-state index contributed by atoms with van der Waals surface area (Å²) in [6.45, 7) is 3.34. The van der Waals surface area contributed by atoms with E-state index >= 15 is 0 Å². The Bertz CT molecular complexity index is 1260. The number of sulfonamides is 1. The first-order valence-corrected chi connectivity index (χ1v) is 13.6. The third kappa shape index (κ3) is 6.29. The van der Waals surface area contributed by atoms with Crippen LogP contribution in [0.2, 0.25) is 0 Å². The minimum absolute atomic E-state index is 0.117. The van der Waals surface area contributed by atoms with Crippen LogP contribution < -0.4 is 19.1 Å². The van der Waals surface area contributed by atoms with E-state index in [2.05, 4.69) is 5.32 Å². The number of nitrogens with one attached hydrogen (secondary N) is 1. The van der Waals surface area contributed by atoms with Crippen LogP contribution in [0.25, 0.3) is 0 Å². The minimum atomic E-state index is -3.99. The van der Waals surface area contributed by atoms with Gasteiger partial charge in [0.15, 0.2) is 0 Å². The predicted octanol–water partition coefficient (Wildman–Crippen LogP) is 4.81. The predicted molar refractivity (Wildman–Crippen MR) is 140 cm³/mol. The fourth-order valence-electron chi connectivity index (χ4n) is 3.57. The third-order valence-electron chi connectivity index (χ3n) is 5.54. The smallest absolute Gasteiger partial charge is 0.264 e. The maximum absolute atomic E-state index is 13.6. The van der Waals surface area contributed by atoms with E-state index in [9.17, 15) is 13.2 Å². The number of benzene rings is 3. The van der Waals surface area contributed by atoms with Crippen molar-refractivity contribution in [3.05, 3.63) is 77.9 Å². The summed E-state index contributed by atoms with van der Waals surface area (Å²) in [5.74, 6) is 0.766. The number of carbonyl (C=O) groups excluding carboxylic acids is 1. The zero-order chi connectivity index (χ0) is 25.6. The van der Waals surface area contributed by atoms with Gasteiger partial charge >= 0.3 is 0 Å². The van der Waals surface area contributed by atoms with Crippen LogP contribution in [0.1, 0.15) is 24.1 Å². The van der Waals surface area contributed by atoms with Crippen molar-refractivity contribution >= 4 is 33.4 Å². The number of thioether (sulfide) groups is 1. The Morgan fingerprint density at radius 3 is 2.23 bits per heavy atom. The second-order valence-corrected chi connectivity index (χ2v) is 10.7. The molecule has 1 N–H and O–H groups in total. The summed E-state index contributed by atoms with van der Waals surface area (Å²) < 4.78 is 39.0. The number of hydrogen-bond acceptors (Lipinski definition) is 6. The van der Waals surface area contributed by atoms with Crippen molar-refractivity contribution in [3.8, 4) is 11.5 Å². The van der Waals surface area contributed by atoms with E-state index in [-0.39, 0.29) is 11.4 Å². The number of anilines is 1. The molecule has 1 amide bonds. The van der Waals surface area contributed by atoms with Gasteiger partial charge in [-0.2, -0.15) is 0 Å². The second-order valence-electron chi connectivity index (χ2n) is 7.92. The number of rotatable bonds is 10. The number of aryl methyl sites for hydroxylation is 1. The quantitative estimate of drug-likeness (QED) is 0.391. The van der Waals surface area contributed by atoms with Crippen LogP contribution in [0, 0.1) is 6.92 Å². The summed E-state index contributed by atoms with van der Waals surface area (Å²) in [6.07, 6.45) is 1.92. The first kappa shape index (κ1) is 26.4. The first-order chi connectivity index (χ1) is 16.7. The number of nitrogens with zero attached hydrogens (tertiary/aromatic N) is 1. The van der Waals surface area contributed by atoms with Crippen molar-refractivity contribution < 1.29 is 22.7 Å². The van der Waals surface area contributed by atoms with Crippen LogP contribution in [0.4, 0.5) is 5.69 Å². The molecule has 9 heteroatoms. The lowest BCUT2D eigenvalue weighted by Gasteiger charge is -2.25. The van der Waals surface area contributed by atoms with E-state index in [1.807, 2.05) is 25.3 Å². The molecule has 0 saturated carbocycles. The molecule has 1 atom stereocenters. The second kappa shape index (κ2) is 11.5. The van der Waals surface area contributed by atoms with Gasteiger partial charge in [0, 0.05) is 10.5 Å². The third-order valence-corrected chi connectivity index (χ3v) is 8.07. The molecule has 0 aromatic heterocycles. The van der Waals surface area contributed by atoms with Crippen molar-refractivity contribution in [2.75, 3.05) is 31.3 Å². The molecule has 0 spiro atoms. The fraction of sp³-hybridized carbons (Fsp3) is 0.269. The molecule has 0 unspecified atom stereocenters. The lowest BCUT2D eigenvalue weighted by Crippen LogP contribution is -2.41. The minimum Gasteiger partial charge on any atom is -0.497 e. The van der Waals surface area contributed by atoms with Crippen molar-refractivity contribution in [1.29, 1.82) is 0 Å². The molecular formula is C26H30N2O5S2. The molecule has 0 aliphatic heterocycles. The number of amides is 1. The zero-order valence-electron chi connectivity index (χ0n) is 20.4. The van der Waals surface area contributed by atoms with Gasteiger partial charge in [0.1, 0.15) is 18.0 Å². The van der Waals surface area contributed by atoms with Crippen molar-refractivity contribution in [2.45, 2.75) is 29.7 Å². The summed E-state index contributed by atoms with van der Waals surface area (Å²) in [7, 11) is -0.883. The Labute approximate surface area is 211 Å². The average molecular weight is 515 g/mol. The molecule has 0 fully saturated rings. The molecule has 0 aliphatic carbocycles. The fourth-order valence-corrected chi connectivity index (χ4v) is 5.40. The molecule has 0 heterocycles. The summed E-state index contributed by atoms with van der Waals surface area (Å²) in [5, 5.41) is 2.89. The highest BCUT2D eigenvalue weighted by Gasteiger charge is 2.28. The van der Waals surface area contributed by atoms with Gasteiger partial charge < -0.3 is 14.8 Å². The molecule has 0 bridgehead atoms.